The number of hydrogen-bond acceptors (Lipinski definition) is 0. The normalized spacial score (nSPS) is 8.33. The summed E-state index contributed by atoms with van der Waals surface area (Å²) >= 11 is 3.91. The number of alkyl halides is 1. The highest BCUT2D eigenvalue weighted by Gasteiger charge is 2.08. The molecule has 0 N–H and O–H groups in total. The van der Waals surface area contributed by atoms with Crippen molar-refractivity contribution >= 4 is 24.5 Å². The number of rotatable bonds is 2. The van der Waals surface area contributed by atoms with Crippen LogP contribution < -0.4 is 4.67 Å². The molecule has 0 saturated heterocycles. The second-order valence-electron chi connectivity index (χ2n) is 1.57. The second kappa shape index (κ2) is 4.41. The molecule has 0 aromatic heterocycles. The minimum Gasteiger partial charge on any atom is -0.247 e. The Morgan fingerprint density at radius 3 is 2.78 bits per heavy atom. The fourth-order valence-electron chi connectivity index (χ4n) is 0.347. The lowest BCUT2D eigenvalue weighted by Crippen LogP contribution is -2.26. The SMILES string of the molecule is C=[N+]=C(S)N(C)CCF. The first-order valence-electron chi connectivity index (χ1n) is 2.52. The van der Waals surface area contributed by atoms with E-state index < -0.39 is 6.67 Å². The summed E-state index contributed by atoms with van der Waals surface area (Å²) < 4.78 is 15.1. The highest BCUT2D eigenvalue weighted by Crippen LogP contribution is 1.86. The first-order valence-corrected chi connectivity index (χ1v) is 2.96. The molecule has 0 aliphatic heterocycles. The molecule has 2 nitrogen and oxygen atoms in total. The van der Waals surface area contributed by atoms with Crippen molar-refractivity contribution in [3.8, 4) is 0 Å². The lowest BCUT2D eigenvalue weighted by atomic mass is 10.6. The minimum atomic E-state index is -0.393. The molecule has 0 unspecified atom stereocenters. The van der Waals surface area contributed by atoms with Crippen molar-refractivity contribution in [3.63, 3.8) is 0 Å². The predicted molar refractivity (Wildman–Crippen MR) is 41.9 cm³/mol. The molecule has 0 aromatic carbocycles. The van der Waals surface area contributed by atoms with E-state index in [9.17, 15) is 4.39 Å². The summed E-state index contributed by atoms with van der Waals surface area (Å²) in [5, 5.41) is 0.452. The molecule has 9 heavy (non-hydrogen) atoms. The molecule has 0 rings (SSSR count). The molecule has 0 bridgehead atoms. The average Bonchev–Trinajstić information content (AvgIpc) is 1.87. The molecule has 0 saturated carbocycles. The first kappa shape index (κ1) is 8.53. The van der Waals surface area contributed by atoms with Crippen LogP contribution in [-0.2, 0) is 0 Å². The molecule has 52 valence electrons. The third-order valence-electron chi connectivity index (χ3n) is 0.903. The third-order valence-corrected chi connectivity index (χ3v) is 1.39. The number of amidine groups is 1. The fraction of sp³-hybridized carbons (Fsp3) is 0.600. The van der Waals surface area contributed by atoms with Gasteiger partial charge in [-0.15, -0.1) is 0 Å². The Kier molecular flexibility index (Phi) is 4.18. The van der Waals surface area contributed by atoms with Crippen LogP contribution in [0, 0.1) is 0 Å². The van der Waals surface area contributed by atoms with Crippen LogP contribution >= 0.6 is 12.6 Å². The van der Waals surface area contributed by atoms with Crippen molar-refractivity contribution in [2.75, 3.05) is 20.3 Å². The summed E-state index contributed by atoms with van der Waals surface area (Å²) in [5.74, 6) is 0. The lowest BCUT2D eigenvalue weighted by molar-refractivity contribution is 0.400. The fourth-order valence-corrected chi connectivity index (χ4v) is 0.447. The van der Waals surface area contributed by atoms with E-state index in [4.69, 9.17) is 0 Å². The van der Waals surface area contributed by atoms with E-state index in [1.54, 1.807) is 11.9 Å². The van der Waals surface area contributed by atoms with E-state index in [0.29, 0.717) is 11.7 Å². The van der Waals surface area contributed by atoms with Gasteiger partial charge in [-0.3, -0.25) is 0 Å². The second-order valence-corrected chi connectivity index (χ2v) is 1.97. The van der Waals surface area contributed by atoms with Gasteiger partial charge in [0.2, 0.25) is 0 Å². The maximum absolute atomic E-state index is 11.6. The van der Waals surface area contributed by atoms with Crippen molar-refractivity contribution in [1.29, 1.82) is 0 Å². The Bertz CT molecular complexity index is 131. The zero-order chi connectivity index (χ0) is 7.28. The molecule has 0 fully saturated rings. The van der Waals surface area contributed by atoms with Gasteiger partial charge in [-0.05, 0) is 12.6 Å². The average molecular weight is 149 g/mol. The largest absolute Gasteiger partial charge is 0.402 e. The van der Waals surface area contributed by atoms with E-state index in [2.05, 4.69) is 24.0 Å². The Morgan fingerprint density at radius 1 is 1.89 bits per heavy atom. The number of nitrogens with zero attached hydrogens (tertiary/aromatic N) is 2. The van der Waals surface area contributed by atoms with Crippen LogP contribution in [0.3, 0.4) is 0 Å². The molecule has 0 aliphatic carbocycles. The summed E-state index contributed by atoms with van der Waals surface area (Å²) in [6.45, 7) is 3.16. The predicted octanol–water partition coefficient (Wildman–Crippen LogP) is -0.0587. The van der Waals surface area contributed by atoms with E-state index in [1.165, 1.54) is 0 Å². The van der Waals surface area contributed by atoms with Crippen molar-refractivity contribution in [3.05, 3.63) is 0 Å². The lowest BCUT2D eigenvalue weighted by Gasteiger charge is -2.01. The van der Waals surface area contributed by atoms with E-state index in [-0.39, 0.29) is 0 Å². The molecule has 0 spiro atoms. The summed E-state index contributed by atoms with van der Waals surface area (Å²) in [4.78, 5) is 1.58. The van der Waals surface area contributed by atoms with Gasteiger partial charge in [0.1, 0.15) is 13.2 Å². The minimum absolute atomic E-state index is 0.317. The van der Waals surface area contributed by atoms with Crippen molar-refractivity contribution in [2.45, 2.75) is 0 Å². The van der Waals surface area contributed by atoms with Crippen LogP contribution in [0.15, 0.2) is 0 Å². The molecule has 0 aromatic rings. The smallest absolute Gasteiger partial charge is 0.247 e. The van der Waals surface area contributed by atoms with Gasteiger partial charge >= 0.3 is 5.17 Å². The van der Waals surface area contributed by atoms with E-state index in [1.807, 2.05) is 0 Å². The quantitative estimate of drug-likeness (QED) is 0.252. The summed E-state index contributed by atoms with van der Waals surface area (Å²) in [7, 11) is 1.70. The van der Waals surface area contributed by atoms with E-state index >= 15 is 0 Å². The van der Waals surface area contributed by atoms with Crippen molar-refractivity contribution in [1.82, 2.24) is 9.57 Å². The number of thiol groups is 1. The Morgan fingerprint density at radius 2 is 2.44 bits per heavy atom. The molecule has 0 amide bonds. The maximum Gasteiger partial charge on any atom is 0.402 e. The van der Waals surface area contributed by atoms with Gasteiger partial charge in [0.05, 0.1) is 7.05 Å². The Hall–Kier alpha value is -0.470. The summed E-state index contributed by atoms with van der Waals surface area (Å²) in [6.07, 6.45) is 0. The summed E-state index contributed by atoms with van der Waals surface area (Å²) in [5.41, 5.74) is 0. The standard InChI is InChI=1S/C5H9FN2S/c1-7-5(9)8(2)4-3-6/h1,3-4H2,2H3/p+1. The van der Waals surface area contributed by atoms with Gasteiger partial charge in [0.25, 0.3) is 0 Å². The first-order chi connectivity index (χ1) is 4.22. The Balaban J connectivity index is 3.73. The molecular formula is C5H10FN2S+. The van der Waals surface area contributed by atoms with E-state index in [0.717, 1.165) is 0 Å². The van der Waals surface area contributed by atoms with Crippen LogP contribution in [0.4, 0.5) is 4.39 Å². The van der Waals surface area contributed by atoms with Crippen LogP contribution in [0.1, 0.15) is 0 Å². The highest BCUT2D eigenvalue weighted by molar-refractivity contribution is 7.96. The Labute approximate surface area is 59.5 Å². The topological polar surface area (TPSA) is 17.3 Å². The van der Waals surface area contributed by atoms with Gasteiger partial charge in [-0.2, -0.15) is 0 Å². The van der Waals surface area contributed by atoms with Crippen LogP contribution in [0.5, 0.6) is 0 Å². The zero-order valence-electron chi connectivity index (χ0n) is 5.34. The summed E-state index contributed by atoms with van der Waals surface area (Å²) in [6, 6.07) is 0. The van der Waals surface area contributed by atoms with Gasteiger partial charge in [-0.1, -0.05) is 0 Å². The third kappa shape index (κ3) is 3.16. The maximum atomic E-state index is 11.6. The van der Waals surface area contributed by atoms with Crippen LogP contribution in [0.2, 0.25) is 0 Å². The van der Waals surface area contributed by atoms with Gasteiger partial charge in [0.15, 0.2) is 6.72 Å². The van der Waals surface area contributed by atoms with Crippen molar-refractivity contribution in [2.24, 2.45) is 0 Å². The molecule has 0 radical (unpaired) electrons. The zero-order valence-corrected chi connectivity index (χ0v) is 6.24. The monoisotopic (exact) mass is 149 g/mol. The van der Waals surface area contributed by atoms with Crippen LogP contribution in [0.25, 0.3) is 0 Å². The molecule has 0 atom stereocenters. The van der Waals surface area contributed by atoms with Gasteiger partial charge in [0, 0.05) is 0 Å². The van der Waals surface area contributed by atoms with Crippen molar-refractivity contribution < 1.29 is 4.39 Å². The van der Waals surface area contributed by atoms with Gasteiger partial charge in [-0.25, -0.2) is 14.0 Å². The molecule has 0 aliphatic rings. The number of halogens is 1. The van der Waals surface area contributed by atoms with Crippen LogP contribution in [-0.4, -0.2) is 37.1 Å². The molecule has 0 heterocycles. The van der Waals surface area contributed by atoms with Gasteiger partial charge < -0.3 is 0 Å². The highest BCUT2D eigenvalue weighted by atomic mass is 32.1. The molecular weight excluding hydrogens is 139 g/mol. The number of hydrogen-bond donors (Lipinski definition) is 1. The molecule has 4 heteroatoms.